The quantitative estimate of drug-likeness (QED) is 0.378. The van der Waals surface area contributed by atoms with Crippen molar-refractivity contribution in [2.24, 2.45) is 5.92 Å². The van der Waals surface area contributed by atoms with Gasteiger partial charge in [0.25, 0.3) is 0 Å². The second-order valence-electron chi connectivity index (χ2n) is 13.5. The number of halogens is 3. The minimum absolute atomic E-state index is 0.0714. The van der Waals surface area contributed by atoms with Crippen molar-refractivity contribution in [2.75, 3.05) is 13.1 Å². The van der Waals surface area contributed by atoms with Gasteiger partial charge in [0.1, 0.15) is 11.6 Å². The summed E-state index contributed by atoms with van der Waals surface area (Å²) >= 11 is 6.42. The van der Waals surface area contributed by atoms with E-state index < -0.39 is 11.6 Å². The third kappa shape index (κ3) is 6.23. The number of benzene rings is 2. The summed E-state index contributed by atoms with van der Waals surface area (Å²) < 4.78 is 29.0. The molecule has 0 saturated carbocycles. The Morgan fingerprint density at radius 3 is 2.29 bits per heavy atom. The number of amides is 2. The average molecular weight is 600 g/mol. The molecule has 5 rings (SSSR count). The van der Waals surface area contributed by atoms with Crippen LogP contribution in [0.1, 0.15) is 108 Å². The lowest BCUT2D eigenvalue weighted by molar-refractivity contribution is -0.143. The maximum atomic E-state index is 15.2. The first-order valence-corrected chi connectivity index (χ1v) is 15.8. The molecule has 3 aliphatic heterocycles. The molecule has 3 heterocycles. The van der Waals surface area contributed by atoms with Gasteiger partial charge in [0.15, 0.2) is 0 Å². The van der Waals surface area contributed by atoms with E-state index in [1.165, 1.54) is 24.6 Å². The molecule has 1 N–H and O–H groups in total. The molecule has 3 saturated heterocycles. The van der Waals surface area contributed by atoms with Crippen molar-refractivity contribution in [3.05, 3.63) is 69.7 Å². The summed E-state index contributed by atoms with van der Waals surface area (Å²) in [6.07, 6.45) is 5.01. The Morgan fingerprint density at radius 2 is 1.69 bits per heavy atom. The van der Waals surface area contributed by atoms with E-state index in [9.17, 15) is 14.0 Å². The van der Waals surface area contributed by atoms with E-state index in [4.69, 9.17) is 11.6 Å². The smallest absolute Gasteiger partial charge is 0.226 e. The van der Waals surface area contributed by atoms with Gasteiger partial charge >= 0.3 is 0 Å². The van der Waals surface area contributed by atoms with Gasteiger partial charge in [-0.1, -0.05) is 30.7 Å². The fourth-order valence-electron chi connectivity index (χ4n) is 7.82. The fourth-order valence-corrected chi connectivity index (χ4v) is 8.00. The van der Waals surface area contributed by atoms with E-state index in [-0.39, 0.29) is 53.2 Å². The lowest BCUT2D eigenvalue weighted by Crippen LogP contribution is -2.55. The number of fused-ring (bicyclic) bond motifs is 2. The molecule has 0 radical (unpaired) electrons. The van der Waals surface area contributed by atoms with Gasteiger partial charge in [-0.25, -0.2) is 8.78 Å². The standard InChI is InChI=1S/C34H44ClF2N3O2/c1-6-32(38-20(2)41)29-17-22(35)7-11-26(29)21-15-24-9-10-25(16-21)40(24)33(42)28-13-14-39(34(3,4)5)19-30(28)27-12-8-23(36)18-31(27)37/h7-8,11-12,17-18,21,24-25,28,30,32H,6,9-10,13-16,19H2,1-5H3,(H,38,41)/t21?,24?,25?,28-,30+,32?/m1/s1. The van der Waals surface area contributed by atoms with Gasteiger partial charge in [-0.15, -0.1) is 0 Å². The SMILES string of the molecule is CCC(NC(C)=O)c1cc(Cl)ccc1C1CC2CCC(C1)N2C(=O)[C@@H]1CCN(C(C)(C)C)C[C@H]1c1ccc(F)cc1F. The van der Waals surface area contributed by atoms with E-state index >= 15 is 4.39 Å². The molecule has 228 valence electrons. The highest BCUT2D eigenvalue weighted by Crippen LogP contribution is 2.47. The number of nitrogens with one attached hydrogen (secondary N) is 1. The van der Waals surface area contributed by atoms with Crippen LogP contribution < -0.4 is 5.32 Å². The van der Waals surface area contributed by atoms with Crippen molar-refractivity contribution in [3.8, 4) is 0 Å². The molecular weight excluding hydrogens is 556 g/mol. The molecule has 3 fully saturated rings. The number of carbonyl (C=O) groups excluding carboxylic acids is 2. The molecule has 0 aromatic heterocycles. The maximum absolute atomic E-state index is 15.2. The zero-order valence-electron chi connectivity index (χ0n) is 25.4. The van der Waals surface area contributed by atoms with Gasteiger partial charge in [0.2, 0.25) is 11.8 Å². The summed E-state index contributed by atoms with van der Waals surface area (Å²) in [6, 6.07) is 9.89. The fraction of sp³-hybridized carbons (Fsp3) is 0.588. The molecule has 0 aliphatic carbocycles. The molecule has 2 bridgehead atoms. The molecule has 3 unspecified atom stereocenters. The largest absolute Gasteiger partial charge is 0.350 e. The van der Waals surface area contributed by atoms with Crippen molar-refractivity contribution < 1.29 is 18.4 Å². The highest BCUT2D eigenvalue weighted by molar-refractivity contribution is 6.30. The van der Waals surface area contributed by atoms with Gasteiger partial charge in [0.05, 0.1) is 6.04 Å². The zero-order valence-corrected chi connectivity index (χ0v) is 26.2. The molecule has 42 heavy (non-hydrogen) atoms. The Labute approximate surface area is 254 Å². The van der Waals surface area contributed by atoms with Crippen LogP contribution in [0.4, 0.5) is 8.78 Å². The van der Waals surface area contributed by atoms with Crippen LogP contribution in [0.3, 0.4) is 0 Å². The lowest BCUT2D eigenvalue weighted by atomic mass is 9.76. The molecule has 8 heteroatoms. The third-order valence-electron chi connectivity index (χ3n) is 9.88. The molecule has 2 amide bonds. The molecule has 5 atom stereocenters. The average Bonchev–Trinajstić information content (AvgIpc) is 3.19. The van der Waals surface area contributed by atoms with Crippen LogP contribution in [0.5, 0.6) is 0 Å². The number of hydrogen-bond donors (Lipinski definition) is 1. The summed E-state index contributed by atoms with van der Waals surface area (Å²) in [7, 11) is 0. The summed E-state index contributed by atoms with van der Waals surface area (Å²) in [5, 5.41) is 3.73. The summed E-state index contributed by atoms with van der Waals surface area (Å²) in [6.45, 7) is 11.3. The maximum Gasteiger partial charge on any atom is 0.226 e. The highest BCUT2D eigenvalue weighted by atomic mass is 35.5. The second-order valence-corrected chi connectivity index (χ2v) is 14.0. The van der Waals surface area contributed by atoms with Crippen LogP contribution in [-0.4, -0.2) is 52.3 Å². The molecule has 2 aromatic rings. The molecular formula is C34H44ClF2N3O2. The number of carbonyl (C=O) groups is 2. The van der Waals surface area contributed by atoms with Crippen molar-refractivity contribution in [3.63, 3.8) is 0 Å². The van der Waals surface area contributed by atoms with Gasteiger partial charge < -0.3 is 10.2 Å². The van der Waals surface area contributed by atoms with Crippen molar-refractivity contribution >= 4 is 23.4 Å². The molecule has 3 aliphatic rings. The zero-order chi connectivity index (χ0) is 30.3. The second kappa shape index (κ2) is 12.2. The molecule has 0 spiro atoms. The number of hydrogen-bond acceptors (Lipinski definition) is 3. The van der Waals surface area contributed by atoms with Crippen molar-refractivity contribution in [1.82, 2.24) is 15.1 Å². The summed E-state index contributed by atoms with van der Waals surface area (Å²) in [5.41, 5.74) is 2.57. The Bertz CT molecular complexity index is 1310. The van der Waals surface area contributed by atoms with Crippen LogP contribution >= 0.6 is 11.6 Å². The third-order valence-corrected chi connectivity index (χ3v) is 10.1. The lowest BCUT2D eigenvalue weighted by Gasteiger charge is -2.47. The van der Waals surface area contributed by atoms with Crippen LogP contribution in [0.15, 0.2) is 36.4 Å². The number of nitrogens with zero attached hydrogens (tertiary/aromatic N) is 2. The molecule has 5 nitrogen and oxygen atoms in total. The van der Waals surface area contributed by atoms with Gasteiger partial charge in [0, 0.05) is 54.0 Å². The van der Waals surface area contributed by atoms with E-state index in [0.29, 0.717) is 23.6 Å². The van der Waals surface area contributed by atoms with E-state index in [0.717, 1.165) is 50.3 Å². The minimum atomic E-state index is -0.604. The normalized spacial score (nSPS) is 27.1. The van der Waals surface area contributed by atoms with Crippen LogP contribution in [0.2, 0.25) is 5.02 Å². The first-order chi connectivity index (χ1) is 19.9. The molecule has 2 aromatic carbocycles. The Balaban J connectivity index is 1.41. The minimum Gasteiger partial charge on any atom is -0.350 e. The predicted octanol–water partition coefficient (Wildman–Crippen LogP) is 7.35. The van der Waals surface area contributed by atoms with E-state index in [1.54, 1.807) is 0 Å². The highest BCUT2D eigenvalue weighted by Gasteiger charge is 2.48. The van der Waals surface area contributed by atoms with Crippen LogP contribution in [0.25, 0.3) is 0 Å². The Morgan fingerprint density at radius 1 is 1.02 bits per heavy atom. The van der Waals surface area contributed by atoms with Gasteiger partial charge in [-0.2, -0.15) is 0 Å². The topological polar surface area (TPSA) is 52.7 Å². The van der Waals surface area contributed by atoms with E-state index in [2.05, 4.69) is 48.9 Å². The summed E-state index contributed by atoms with van der Waals surface area (Å²) in [5.74, 6) is -1.56. The first kappa shape index (κ1) is 30.9. The number of likely N-dealkylation sites (tertiary alicyclic amines) is 1. The number of piperidine rings is 2. The summed E-state index contributed by atoms with van der Waals surface area (Å²) in [4.78, 5) is 30.8. The number of rotatable bonds is 6. The Hall–Kier alpha value is -2.51. The predicted molar refractivity (Wildman–Crippen MR) is 162 cm³/mol. The van der Waals surface area contributed by atoms with Gasteiger partial charge in [-0.3, -0.25) is 14.5 Å². The van der Waals surface area contributed by atoms with Crippen LogP contribution in [0, 0.1) is 17.6 Å². The van der Waals surface area contributed by atoms with E-state index in [1.807, 2.05) is 12.1 Å². The Kier molecular flexibility index (Phi) is 9.01. The van der Waals surface area contributed by atoms with Crippen molar-refractivity contribution in [2.45, 2.75) is 109 Å². The van der Waals surface area contributed by atoms with Gasteiger partial charge in [-0.05, 0) is 107 Å². The monoisotopic (exact) mass is 599 g/mol. The van der Waals surface area contributed by atoms with Crippen LogP contribution in [-0.2, 0) is 9.59 Å². The first-order valence-electron chi connectivity index (χ1n) is 15.5. The van der Waals surface area contributed by atoms with Crippen molar-refractivity contribution in [1.29, 1.82) is 0 Å².